The van der Waals surface area contributed by atoms with Crippen LogP contribution < -0.4 is 0 Å². The van der Waals surface area contributed by atoms with Gasteiger partial charge < -0.3 is 4.57 Å². The number of pyridine rings is 1. The summed E-state index contributed by atoms with van der Waals surface area (Å²) in [5.74, 6) is 0.694. The van der Waals surface area contributed by atoms with Crippen molar-refractivity contribution in [3.05, 3.63) is 182 Å². The van der Waals surface area contributed by atoms with Crippen molar-refractivity contribution >= 4 is 64.2 Å². The van der Waals surface area contributed by atoms with Crippen LogP contribution in [-0.2, 0) is 0 Å². The molecule has 0 N–H and O–H groups in total. The predicted octanol–water partition coefficient (Wildman–Crippen LogP) is 13.2. The number of rotatable bonds is 5. The summed E-state index contributed by atoms with van der Waals surface area (Å²) in [4.78, 5) is 15.7. The van der Waals surface area contributed by atoms with Crippen LogP contribution in [0.3, 0.4) is 0 Å². The summed E-state index contributed by atoms with van der Waals surface area (Å²) in [6.45, 7) is 0. The van der Waals surface area contributed by atoms with Gasteiger partial charge in [0.05, 0.1) is 33.6 Å². The highest BCUT2D eigenvalue weighted by Crippen LogP contribution is 2.42. The minimum Gasteiger partial charge on any atom is -0.308 e. The van der Waals surface area contributed by atoms with E-state index < -0.39 is 0 Å². The van der Waals surface area contributed by atoms with Gasteiger partial charge in [0, 0.05) is 64.3 Å². The van der Waals surface area contributed by atoms with Crippen molar-refractivity contribution in [1.82, 2.24) is 19.5 Å². The maximum Gasteiger partial charge on any atom is 0.160 e. The molecule has 0 amide bonds. The molecule has 0 fully saturated rings. The van der Waals surface area contributed by atoms with Gasteiger partial charge in [-0.2, -0.15) is 0 Å². The lowest BCUT2D eigenvalue weighted by atomic mass is 10.0. The topological polar surface area (TPSA) is 43.6 Å². The molecule has 0 saturated heterocycles. The van der Waals surface area contributed by atoms with Gasteiger partial charge in [-0.3, -0.25) is 0 Å². The highest BCUT2D eigenvalue weighted by atomic mass is 32.1. The molecule has 0 atom stereocenters. The van der Waals surface area contributed by atoms with E-state index in [0.29, 0.717) is 5.82 Å². The van der Waals surface area contributed by atoms with E-state index in [-0.39, 0.29) is 0 Å². The third-order valence-electron chi connectivity index (χ3n) is 10.4. The summed E-state index contributed by atoms with van der Waals surface area (Å²) in [6, 6.07) is 64.1. The van der Waals surface area contributed by atoms with Crippen LogP contribution in [0.15, 0.2) is 182 Å². The van der Waals surface area contributed by atoms with E-state index in [1.807, 2.05) is 17.4 Å². The van der Waals surface area contributed by atoms with Crippen LogP contribution in [-0.4, -0.2) is 19.5 Å². The van der Waals surface area contributed by atoms with E-state index in [1.54, 1.807) is 0 Å². The molecular weight excluding hydrogens is 677 g/mol. The van der Waals surface area contributed by atoms with Crippen molar-refractivity contribution in [3.8, 4) is 50.8 Å². The largest absolute Gasteiger partial charge is 0.308 e. The van der Waals surface area contributed by atoms with Gasteiger partial charge in [0.15, 0.2) is 5.82 Å². The first kappa shape index (κ1) is 30.7. The molecule has 0 spiro atoms. The Balaban J connectivity index is 1.11. The number of fused-ring (bicyclic) bond motifs is 8. The minimum atomic E-state index is 0.694. The van der Waals surface area contributed by atoms with E-state index in [9.17, 15) is 0 Å². The molecule has 5 heteroatoms. The maximum atomic E-state index is 5.28. The number of thiophene rings is 1. The zero-order valence-electron chi connectivity index (χ0n) is 29.0. The maximum absolute atomic E-state index is 5.28. The minimum absolute atomic E-state index is 0.694. The summed E-state index contributed by atoms with van der Waals surface area (Å²) in [7, 11) is 0. The number of hydrogen-bond acceptors (Lipinski definition) is 4. The Morgan fingerprint density at radius 1 is 0.444 bits per heavy atom. The van der Waals surface area contributed by atoms with Crippen LogP contribution in [0.25, 0.3) is 104 Å². The van der Waals surface area contributed by atoms with Gasteiger partial charge in [0.25, 0.3) is 0 Å². The van der Waals surface area contributed by atoms with Gasteiger partial charge in [0.1, 0.15) is 0 Å². The van der Waals surface area contributed by atoms with Crippen molar-refractivity contribution in [3.63, 3.8) is 0 Å². The fourth-order valence-electron chi connectivity index (χ4n) is 7.94. The molecular formula is C49H30N4S. The number of para-hydroxylation sites is 2. The van der Waals surface area contributed by atoms with Crippen LogP contribution in [0.1, 0.15) is 0 Å². The second kappa shape index (κ2) is 12.3. The summed E-state index contributed by atoms with van der Waals surface area (Å²) in [6.07, 6.45) is 0. The van der Waals surface area contributed by atoms with Gasteiger partial charge in [-0.15, -0.1) is 11.3 Å². The molecule has 252 valence electrons. The van der Waals surface area contributed by atoms with E-state index in [4.69, 9.17) is 15.0 Å². The first-order valence-electron chi connectivity index (χ1n) is 18.1. The van der Waals surface area contributed by atoms with Crippen molar-refractivity contribution in [2.75, 3.05) is 0 Å². The molecule has 11 aromatic rings. The van der Waals surface area contributed by atoms with Crippen molar-refractivity contribution in [1.29, 1.82) is 0 Å². The Morgan fingerprint density at radius 3 is 1.91 bits per heavy atom. The second-order valence-electron chi connectivity index (χ2n) is 13.6. The fourth-order valence-corrected chi connectivity index (χ4v) is 9.16. The average molecular weight is 707 g/mol. The van der Waals surface area contributed by atoms with Crippen LogP contribution in [0, 0.1) is 0 Å². The lowest BCUT2D eigenvalue weighted by Gasteiger charge is -2.13. The number of hydrogen-bond donors (Lipinski definition) is 0. The summed E-state index contributed by atoms with van der Waals surface area (Å²) in [5, 5.41) is 5.97. The van der Waals surface area contributed by atoms with E-state index in [2.05, 4.69) is 180 Å². The summed E-state index contributed by atoms with van der Waals surface area (Å²) >= 11 is 1.82. The molecule has 0 saturated carbocycles. The lowest BCUT2D eigenvalue weighted by Crippen LogP contribution is -1.98. The molecule has 7 aromatic carbocycles. The molecule has 54 heavy (non-hydrogen) atoms. The van der Waals surface area contributed by atoms with Gasteiger partial charge in [-0.1, -0.05) is 133 Å². The smallest absolute Gasteiger partial charge is 0.160 e. The van der Waals surface area contributed by atoms with Crippen LogP contribution in [0.5, 0.6) is 0 Å². The molecule has 11 rings (SSSR count). The van der Waals surface area contributed by atoms with Crippen molar-refractivity contribution in [2.24, 2.45) is 0 Å². The Labute approximate surface area is 315 Å². The van der Waals surface area contributed by atoms with E-state index in [0.717, 1.165) is 72.3 Å². The highest BCUT2D eigenvalue weighted by molar-refractivity contribution is 7.26. The first-order valence-corrected chi connectivity index (χ1v) is 18.9. The number of nitrogens with zero attached hydrogens (tertiary/aromatic N) is 4. The third-order valence-corrected chi connectivity index (χ3v) is 11.6. The third kappa shape index (κ3) is 4.86. The molecule has 4 nitrogen and oxygen atoms in total. The number of benzene rings is 7. The predicted molar refractivity (Wildman–Crippen MR) is 226 cm³/mol. The Hall–Kier alpha value is -6.95. The van der Waals surface area contributed by atoms with Crippen LogP contribution in [0.4, 0.5) is 0 Å². The quantitative estimate of drug-likeness (QED) is 0.179. The summed E-state index contributed by atoms with van der Waals surface area (Å²) < 4.78 is 4.90. The SMILES string of the molecule is c1ccc(-c2cc(-c3cccc4c3sc3ccccc34)nc(-c3ccc(-n4c5ccccc5c5c(-c6ccccc6)nc6ccccc6c54)cc3)n2)cc1. The molecule has 4 aromatic heterocycles. The van der Waals surface area contributed by atoms with Gasteiger partial charge in [0.2, 0.25) is 0 Å². The lowest BCUT2D eigenvalue weighted by molar-refractivity contribution is 1.17. The van der Waals surface area contributed by atoms with Gasteiger partial charge >= 0.3 is 0 Å². The number of aromatic nitrogens is 4. The molecule has 0 bridgehead atoms. The molecule has 0 unspecified atom stereocenters. The van der Waals surface area contributed by atoms with Crippen molar-refractivity contribution < 1.29 is 0 Å². The van der Waals surface area contributed by atoms with Crippen LogP contribution >= 0.6 is 11.3 Å². The Morgan fingerprint density at radius 2 is 1.09 bits per heavy atom. The van der Waals surface area contributed by atoms with Crippen LogP contribution in [0.2, 0.25) is 0 Å². The Kier molecular flexibility index (Phi) is 7.00. The first-order chi connectivity index (χ1) is 26.8. The molecule has 0 aliphatic rings. The zero-order valence-corrected chi connectivity index (χ0v) is 29.8. The highest BCUT2D eigenvalue weighted by Gasteiger charge is 2.21. The zero-order chi connectivity index (χ0) is 35.6. The van der Waals surface area contributed by atoms with E-state index in [1.165, 1.54) is 25.6 Å². The standard InChI is InChI=1S/C49H30N4S/c1-3-14-31(15-4-1)41-30-42(38-22-13-21-36-35-18-9-12-25-44(35)54-48(36)38)52-49(51-41)33-26-28-34(29-27-33)53-43-24-11-8-20-39(43)45-46(32-16-5-2-6-17-32)50-40-23-10-7-19-37(40)47(45)53/h1-30H. The van der Waals surface area contributed by atoms with E-state index >= 15 is 0 Å². The summed E-state index contributed by atoms with van der Waals surface area (Å²) in [5.41, 5.74) is 11.3. The molecule has 0 aliphatic heterocycles. The molecule has 0 aliphatic carbocycles. The average Bonchev–Trinajstić information content (AvgIpc) is 3.81. The second-order valence-corrected chi connectivity index (χ2v) is 14.6. The van der Waals surface area contributed by atoms with Gasteiger partial charge in [-0.25, -0.2) is 15.0 Å². The molecule has 0 radical (unpaired) electrons. The monoisotopic (exact) mass is 706 g/mol. The fraction of sp³-hybridized carbons (Fsp3) is 0. The molecule has 4 heterocycles. The Bertz CT molecular complexity index is 3200. The normalized spacial score (nSPS) is 11.7. The van der Waals surface area contributed by atoms with Crippen molar-refractivity contribution in [2.45, 2.75) is 0 Å². The van der Waals surface area contributed by atoms with Gasteiger partial charge in [-0.05, 0) is 48.5 Å².